The number of amides is 1. The van der Waals surface area contributed by atoms with Gasteiger partial charge in [-0.25, -0.2) is 0 Å². The molecule has 0 atom stereocenters. The molecule has 0 saturated carbocycles. The molecule has 0 aliphatic carbocycles. The molecular weight excluding hydrogens is 346 g/mol. The molecule has 0 aliphatic rings. The fraction of sp³-hybridized carbons (Fsp3) is 0.0526. The molecule has 0 unspecified atom stereocenters. The van der Waals surface area contributed by atoms with Crippen LogP contribution >= 0.6 is 11.3 Å². The summed E-state index contributed by atoms with van der Waals surface area (Å²) in [6, 6.07) is 13.3. The maximum absolute atomic E-state index is 12.3. The Bertz CT molecular complexity index is 1010. The van der Waals surface area contributed by atoms with Crippen LogP contribution in [0.2, 0.25) is 0 Å². The second-order valence-corrected chi connectivity index (χ2v) is 6.57. The molecule has 1 amide bonds. The fourth-order valence-corrected chi connectivity index (χ4v) is 3.22. The lowest BCUT2D eigenvalue weighted by atomic mass is 10.1. The van der Waals surface area contributed by atoms with Crippen molar-refractivity contribution >= 4 is 17.2 Å². The Morgan fingerprint density at radius 2 is 2.12 bits per heavy atom. The summed E-state index contributed by atoms with van der Waals surface area (Å²) in [7, 11) is 0. The Hall–Kier alpha value is -3.32. The number of hydrogen-bond acceptors (Lipinski definition) is 5. The first kappa shape index (κ1) is 16.2. The lowest BCUT2D eigenvalue weighted by molar-refractivity contribution is 0.0946. The van der Waals surface area contributed by atoms with Gasteiger partial charge < -0.3 is 5.32 Å². The second-order valence-electron chi connectivity index (χ2n) is 5.62. The monoisotopic (exact) mass is 361 g/mol. The van der Waals surface area contributed by atoms with Crippen LogP contribution in [-0.4, -0.2) is 26.1 Å². The van der Waals surface area contributed by atoms with Crippen LogP contribution in [0.4, 0.5) is 0 Å². The second kappa shape index (κ2) is 7.28. The first-order valence-electron chi connectivity index (χ1n) is 8.02. The quantitative estimate of drug-likeness (QED) is 0.570. The molecule has 26 heavy (non-hydrogen) atoms. The number of H-pyrrole nitrogens is 1. The molecule has 4 heterocycles. The van der Waals surface area contributed by atoms with Gasteiger partial charge in [0.1, 0.15) is 0 Å². The van der Waals surface area contributed by atoms with Gasteiger partial charge in [-0.3, -0.25) is 19.9 Å². The van der Waals surface area contributed by atoms with Gasteiger partial charge in [0.15, 0.2) is 5.69 Å². The maximum atomic E-state index is 12.3. The molecule has 0 radical (unpaired) electrons. The Morgan fingerprint density at radius 3 is 2.92 bits per heavy atom. The van der Waals surface area contributed by atoms with Crippen LogP contribution in [0.1, 0.15) is 16.1 Å². The standard InChI is InChI=1S/C19H15N5OS/c25-19(17-10-16(23-24-17)18-4-2-8-26-18)22-11-13-5-7-21-15(9-13)14-3-1-6-20-12-14/h1-10,12H,11H2,(H,22,25)(H,23,24). The lowest BCUT2D eigenvalue weighted by Crippen LogP contribution is -2.23. The highest BCUT2D eigenvalue weighted by atomic mass is 32.1. The van der Waals surface area contributed by atoms with Crippen molar-refractivity contribution in [3.8, 4) is 21.8 Å². The van der Waals surface area contributed by atoms with E-state index in [1.807, 2.05) is 41.8 Å². The Kier molecular flexibility index (Phi) is 4.53. The van der Waals surface area contributed by atoms with Gasteiger partial charge in [0.2, 0.25) is 0 Å². The number of nitrogens with one attached hydrogen (secondary N) is 2. The number of pyridine rings is 2. The summed E-state index contributed by atoms with van der Waals surface area (Å²) in [4.78, 5) is 21.9. The molecule has 0 fully saturated rings. The molecule has 0 saturated heterocycles. The van der Waals surface area contributed by atoms with Crippen molar-refractivity contribution in [2.75, 3.05) is 0 Å². The highest BCUT2D eigenvalue weighted by molar-refractivity contribution is 7.13. The number of rotatable bonds is 5. The third kappa shape index (κ3) is 3.52. The molecule has 6 nitrogen and oxygen atoms in total. The third-order valence-corrected chi connectivity index (χ3v) is 4.74. The van der Waals surface area contributed by atoms with Crippen LogP contribution in [0.25, 0.3) is 21.8 Å². The minimum atomic E-state index is -0.219. The number of aromatic nitrogens is 4. The Balaban J connectivity index is 1.43. The van der Waals surface area contributed by atoms with Crippen LogP contribution in [0.15, 0.2) is 66.4 Å². The average Bonchev–Trinajstić information content (AvgIpc) is 3.38. The number of nitrogens with zero attached hydrogens (tertiary/aromatic N) is 3. The molecule has 0 spiro atoms. The van der Waals surface area contributed by atoms with E-state index in [-0.39, 0.29) is 5.91 Å². The Labute approximate surface area is 154 Å². The maximum Gasteiger partial charge on any atom is 0.272 e. The van der Waals surface area contributed by atoms with Crippen molar-refractivity contribution < 1.29 is 4.79 Å². The van der Waals surface area contributed by atoms with Crippen molar-refractivity contribution in [2.45, 2.75) is 6.54 Å². The summed E-state index contributed by atoms with van der Waals surface area (Å²) in [6.45, 7) is 0.399. The zero-order chi connectivity index (χ0) is 17.8. The van der Waals surface area contributed by atoms with Gasteiger partial charge in [-0.05, 0) is 47.3 Å². The molecule has 4 aromatic heterocycles. The van der Waals surface area contributed by atoms with Crippen LogP contribution in [-0.2, 0) is 6.54 Å². The molecule has 128 valence electrons. The zero-order valence-corrected chi connectivity index (χ0v) is 14.5. The van der Waals surface area contributed by atoms with E-state index in [4.69, 9.17) is 0 Å². The van der Waals surface area contributed by atoms with E-state index in [2.05, 4.69) is 25.5 Å². The molecule has 0 aliphatic heterocycles. The summed E-state index contributed by atoms with van der Waals surface area (Å²) in [6.07, 6.45) is 5.22. The summed E-state index contributed by atoms with van der Waals surface area (Å²) < 4.78 is 0. The Morgan fingerprint density at radius 1 is 1.15 bits per heavy atom. The summed E-state index contributed by atoms with van der Waals surface area (Å²) in [5.74, 6) is -0.219. The topological polar surface area (TPSA) is 83.6 Å². The van der Waals surface area contributed by atoms with Gasteiger partial charge >= 0.3 is 0 Å². The van der Waals surface area contributed by atoms with Crippen LogP contribution in [0.3, 0.4) is 0 Å². The minimum absolute atomic E-state index is 0.219. The van der Waals surface area contributed by atoms with Crippen molar-refractivity contribution in [2.24, 2.45) is 0 Å². The molecular formula is C19H15N5OS. The molecule has 4 aromatic rings. The van der Waals surface area contributed by atoms with Crippen LogP contribution in [0.5, 0.6) is 0 Å². The highest BCUT2D eigenvalue weighted by Gasteiger charge is 2.12. The summed E-state index contributed by atoms with van der Waals surface area (Å²) in [5.41, 5.74) is 3.93. The number of carbonyl (C=O) groups excluding carboxylic acids is 1. The molecule has 2 N–H and O–H groups in total. The zero-order valence-electron chi connectivity index (χ0n) is 13.7. The van der Waals surface area contributed by atoms with Crippen molar-refractivity contribution in [1.29, 1.82) is 0 Å². The first-order chi connectivity index (χ1) is 12.8. The average molecular weight is 361 g/mol. The van der Waals surface area contributed by atoms with Gasteiger partial charge in [-0.2, -0.15) is 5.10 Å². The SMILES string of the molecule is O=C(NCc1ccnc(-c2cccnc2)c1)c1cc(-c2cccs2)[nH]n1. The largest absolute Gasteiger partial charge is 0.347 e. The van der Waals surface area contributed by atoms with E-state index in [9.17, 15) is 4.79 Å². The third-order valence-electron chi connectivity index (χ3n) is 3.83. The predicted molar refractivity (Wildman–Crippen MR) is 101 cm³/mol. The van der Waals surface area contributed by atoms with Gasteiger partial charge in [0, 0.05) is 30.7 Å². The molecule has 0 aromatic carbocycles. The van der Waals surface area contributed by atoms with Gasteiger partial charge in [-0.15, -0.1) is 11.3 Å². The molecule has 4 rings (SSSR count). The molecule has 0 bridgehead atoms. The van der Waals surface area contributed by atoms with E-state index in [0.717, 1.165) is 27.4 Å². The summed E-state index contributed by atoms with van der Waals surface area (Å²) >= 11 is 1.60. The van der Waals surface area contributed by atoms with Crippen LogP contribution < -0.4 is 5.32 Å². The highest BCUT2D eigenvalue weighted by Crippen LogP contribution is 2.23. The predicted octanol–water partition coefficient (Wildman–Crippen LogP) is 3.53. The van der Waals surface area contributed by atoms with E-state index >= 15 is 0 Å². The van der Waals surface area contributed by atoms with E-state index < -0.39 is 0 Å². The van der Waals surface area contributed by atoms with Crippen molar-refractivity contribution in [3.05, 3.63) is 77.7 Å². The smallest absolute Gasteiger partial charge is 0.272 e. The lowest BCUT2D eigenvalue weighted by Gasteiger charge is -2.06. The van der Waals surface area contributed by atoms with Gasteiger partial charge in [0.25, 0.3) is 5.91 Å². The van der Waals surface area contributed by atoms with Gasteiger partial charge in [-0.1, -0.05) is 6.07 Å². The minimum Gasteiger partial charge on any atom is -0.347 e. The normalized spacial score (nSPS) is 10.6. The summed E-state index contributed by atoms with van der Waals surface area (Å²) in [5, 5.41) is 11.9. The van der Waals surface area contributed by atoms with Crippen molar-refractivity contribution in [3.63, 3.8) is 0 Å². The van der Waals surface area contributed by atoms with E-state index in [0.29, 0.717) is 12.2 Å². The number of thiophene rings is 1. The number of carbonyl (C=O) groups is 1. The fourth-order valence-electron chi connectivity index (χ4n) is 2.53. The van der Waals surface area contributed by atoms with E-state index in [1.165, 1.54) is 0 Å². The van der Waals surface area contributed by atoms with Crippen LogP contribution in [0, 0.1) is 0 Å². The number of aromatic amines is 1. The van der Waals surface area contributed by atoms with Crippen molar-refractivity contribution in [1.82, 2.24) is 25.5 Å². The first-order valence-corrected chi connectivity index (χ1v) is 8.90. The van der Waals surface area contributed by atoms with Gasteiger partial charge in [0.05, 0.1) is 16.3 Å². The number of hydrogen-bond donors (Lipinski definition) is 2. The van der Waals surface area contributed by atoms with E-state index in [1.54, 1.807) is 36.0 Å². The molecule has 7 heteroatoms.